The molecular formula is C22H24N4O2. The lowest BCUT2D eigenvalue weighted by Crippen LogP contribution is -2.32. The standard InChI is InChI=1S/C22H24N4O2/c23-18-14-26(13-17(18)15-7-2-1-3-8-15)21(27)12-6-11-20-24-19-10-5-4-9-16(19)22(28)25-20/h1-5,7-10,17-18H,6,11-14,23H2,(H,24,25,28)/t17-,18+/m0/s1. The van der Waals surface area contributed by atoms with E-state index >= 15 is 0 Å². The fourth-order valence-corrected chi connectivity index (χ4v) is 3.90. The van der Waals surface area contributed by atoms with Gasteiger partial charge in [0.2, 0.25) is 5.91 Å². The number of benzene rings is 2. The molecule has 4 rings (SSSR count). The summed E-state index contributed by atoms with van der Waals surface area (Å²) >= 11 is 0. The van der Waals surface area contributed by atoms with Gasteiger partial charge in [-0.25, -0.2) is 4.98 Å². The number of carbonyl (C=O) groups excluding carboxylic acids is 1. The number of aromatic amines is 1. The minimum atomic E-state index is -0.136. The molecule has 1 amide bonds. The van der Waals surface area contributed by atoms with Crippen molar-refractivity contribution in [2.24, 2.45) is 5.73 Å². The molecule has 0 unspecified atom stereocenters. The molecule has 2 aromatic carbocycles. The van der Waals surface area contributed by atoms with E-state index in [2.05, 4.69) is 22.1 Å². The first kappa shape index (κ1) is 18.4. The number of nitrogens with zero attached hydrogens (tertiary/aromatic N) is 2. The Morgan fingerprint density at radius 1 is 1.11 bits per heavy atom. The van der Waals surface area contributed by atoms with Crippen molar-refractivity contribution in [3.63, 3.8) is 0 Å². The van der Waals surface area contributed by atoms with Crippen LogP contribution in [0.5, 0.6) is 0 Å². The van der Waals surface area contributed by atoms with Crippen molar-refractivity contribution in [2.75, 3.05) is 13.1 Å². The van der Waals surface area contributed by atoms with Crippen molar-refractivity contribution in [3.8, 4) is 0 Å². The minimum absolute atomic E-state index is 0.0372. The lowest BCUT2D eigenvalue weighted by molar-refractivity contribution is -0.130. The van der Waals surface area contributed by atoms with Crippen molar-refractivity contribution in [3.05, 3.63) is 76.3 Å². The molecule has 2 atom stereocenters. The maximum absolute atomic E-state index is 12.6. The van der Waals surface area contributed by atoms with Crippen molar-refractivity contribution < 1.29 is 4.79 Å². The first-order valence-electron chi connectivity index (χ1n) is 9.68. The number of aryl methyl sites for hydroxylation is 1. The van der Waals surface area contributed by atoms with Gasteiger partial charge in [-0.3, -0.25) is 9.59 Å². The van der Waals surface area contributed by atoms with Crippen LogP contribution in [0.2, 0.25) is 0 Å². The third-order valence-electron chi connectivity index (χ3n) is 5.41. The second kappa shape index (κ2) is 7.94. The third kappa shape index (κ3) is 3.82. The van der Waals surface area contributed by atoms with Gasteiger partial charge in [-0.2, -0.15) is 0 Å². The minimum Gasteiger partial charge on any atom is -0.340 e. The molecule has 0 bridgehead atoms. The van der Waals surface area contributed by atoms with E-state index in [1.807, 2.05) is 41.3 Å². The van der Waals surface area contributed by atoms with Gasteiger partial charge in [0.15, 0.2) is 0 Å². The highest BCUT2D eigenvalue weighted by molar-refractivity contribution is 5.77. The molecule has 2 heterocycles. The maximum atomic E-state index is 12.6. The van der Waals surface area contributed by atoms with Crippen LogP contribution < -0.4 is 11.3 Å². The summed E-state index contributed by atoms with van der Waals surface area (Å²) in [5.41, 5.74) is 8.02. The number of rotatable bonds is 5. The normalized spacial score (nSPS) is 19.2. The van der Waals surface area contributed by atoms with E-state index in [4.69, 9.17) is 5.73 Å². The van der Waals surface area contributed by atoms with Crippen LogP contribution in [-0.4, -0.2) is 39.9 Å². The van der Waals surface area contributed by atoms with Gasteiger partial charge in [-0.1, -0.05) is 42.5 Å². The number of aromatic nitrogens is 2. The van der Waals surface area contributed by atoms with E-state index in [0.717, 1.165) is 0 Å². The Balaban J connectivity index is 1.34. The number of para-hydroxylation sites is 1. The summed E-state index contributed by atoms with van der Waals surface area (Å²) in [6.07, 6.45) is 1.63. The smallest absolute Gasteiger partial charge is 0.258 e. The van der Waals surface area contributed by atoms with Gasteiger partial charge in [-0.15, -0.1) is 0 Å². The van der Waals surface area contributed by atoms with Crippen LogP contribution in [0.1, 0.15) is 30.1 Å². The predicted molar refractivity (Wildman–Crippen MR) is 109 cm³/mol. The van der Waals surface area contributed by atoms with E-state index in [1.54, 1.807) is 6.07 Å². The highest BCUT2D eigenvalue weighted by Gasteiger charge is 2.33. The molecule has 6 nitrogen and oxygen atoms in total. The zero-order valence-corrected chi connectivity index (χ0v) is 15.7. The van der Waals surface area contributed by atoms with E-state index in [9.17, 15) is 9.59 Å². The van der Waals surface area contributed by atoms with Crippen LogP contribution in [0.25, 0.3) is 10.9 Å². The van der Waals surface area contributed by atoms with E-state index in [0.29, 0.717) is 49.1 Å². The number of H-pyrrole nitrogens is 1. The SMILES string of the molecule is N[C@@H]1CN(C(=O)CCCc2nc3ccccc3c(=O)[nH]2)C[C@H]1c1ccccc1. The molecule has 3 N–H and O–H groups in total. The summed E-state index contributed by atoms with van der Waals surface area (Å²) in [5, 5.41) is 0.584. The summed E-state index contributed by atoms with van der Waals surface area (Å²) in [6, 6.07) is 17.4. The van der Waals surface area contributed by atoms with Gasteiger partial charge in [0.25, 0.3) is 5.56 Å². The van der Waals surface area contributed by atoms with Crippen molar-refractivity contribution in [2.45, 2.75) is 31.2 Å². The van der Waals surface area contributed by atoms with Gasteiger partial charge >= 0.3 is 0 Å². The molecule has 1 aliphatic heterocycles. The van der Waals surface area contributed by atoms with Gasteiger partial charge in [0.1, 0.15) is 5.82 Å². The molecule has 28 heavy (non-hydrogen) atoms. The Labute approximate surface area is 163 Å². The molecule has 6 heteroatoms. The first-order valence-corrected chi connectivity index (χ1v) is 9.68. The number of fused-ring (bicyclic) bond motifs is 1. The van der Waals surface area contributed by atoms with Crippen LogP contribution in [-0.2, 0) is 11.2 Å². The Hall–Kier alpha value is -2.99. The zero-order valence-electron chi connectivity index (χ0n) is 15.7. The molecule has 3 aromatic rings. The molecule has 1 aromatic heterocycles. The summed E-state index contributed by atoms with van der Waals surface area (Å²) in [7, 11) is 0. The molecule has 0 spiro atoms. The predicted octanol–water partition coefficient (Wildman–Crippen LogP) is 2.20. The number of hydrogen-bond donors (Lipinski definition) is 2. The maximum Gasteiger partial charge on any atom is 0.258 e. The molecule has 144 valence electrons. The molecule has 1 aliphatic rings. The zero-order chi connectivity index (χ0) is 19.5. The van der Waals surface area contributed by atoms with Crippen LogP contribution in [0.15, 0.2) is 59.4 Å². The number of nitrogens with one attached hydrogen (secondary N) is 1. The highest BCUT2D eigenvalue weighted by atomic mass is 16.2. The van der Waals surface area contributed by atoms with Crippen LogP contribution in [0.4, 0.5) is 0 Å². The fraction of sp³-hybridized carbons (Fsp3) is 0.318. The highest BCUT2D eigenvalue weighted by Crippen LogP contribution is 2.26. The number of nitrogens with two attached hydrogens (primary N) is 1. The van der Waals surface area contributed by atoms with Gasteiger partial charge in [0.05, 0.1) is 10.9 Å². The molecular weight excluding hydrogens is 352 g/mol. The molecule has 1 fully saturated rings. The second-order valence-electron chi connectivity index (χ2n) is 7.36. The summed E-state index contributed by atoms with van der Waals surface area (Å²) in [5.74, 6) is 0.914. The Kier molecular flexibility index (Phi) is 5.21. The lowest BCUT2D eigenvalue weighted by atomic mass is 9.95. The Morgan fingerprint density at radius 2 is 1.86 bits per heavy atom. The number of hydrogen-bond acceptors (Lipinski definition) is 4. The van der Waals surface area contributed by atoms with E-state index in [-0.39, 0.29) is 23.4 Å². The topological polar surface area (TPSA) is 92.1 Å². The average Bonchev–Trinajstić information content (AvgIpc) is 3.10. The van der Waals surface area contributed by atoms with E-state index in [1.165, 1.54) is 5.56 Å². The summed E-state index contributed by atoms with van der Waals surface area (Å²) in [6.45, 7) is 1.25. The molecule has 0 aliphatic carbocycles. The number of amides is 1. The fourth-order valence-electron chi connectivity index (χ4n) is 3.90. The molecule has 0 radical (unpaired) electrons. The van der Waals surface area contributed by atoms with Crippen molar-refractivity contribution in [1.29, 1.82) is 0 Å². The molecule has 0 saturated carbocycles. The van der Waals surface area contributed by atoms with Gasteiger partial charge in [-0.05, 0) is 24.1 Å². The van der Waals surface area contributed by atoms with Gasteiger partial charge < -0.3 is 15.6 Å². The first-order chi connectivity index (χ1) is 13.6. The Bertz CT molecular complexity index is 1030. The summed E-state index contributed by atoms with van der Waals surface area (Å²) in [4.78, 5) is 33.9. The number of likely N-dealkylation sites (tertiary alicyclic amines) is 1. The van der Waals surface area contributed by atoms with Crippen molar-refractivity contribution >= 4 is 16.8 Å². The molecule has 1 saturated heterocycles. The third-order valence-corrected chi connectivity index (χ3v) is 5.41. The second-order valence-corrected chi connectivity index (χ2v) is 7.36. The lowest BCUT2D eigenvalue weighted by Gasteiger charge is -2.16. The average molecular weight is 376 g/mol. The quantitative estimate of drug-likeness (QED) is 0.714. The van der Waals surface area contributed by atoms with Gasteiger partial charge in [0, 0.05) is 37.9 Å². The van der Waals surface area contributed by atoms with Crippen LogP contribution >= 0.6 is 0 Å². The van der Waals surface area contributed by atoms with Crippen LogP contribution in [0.3, 0.4) is 0 Å². The summed E-state index contributed by atoms with van der Waals surface area (Å²) < 4.78 is 0. The monoisotopic (exact) mass is 376 g/mol. The Morgan fingerprint density at radius 3 is 2.68 bits per heavy atom. The van der Waals surface area contributed by atoms with Crippen molar-refractivity contribution in [1.82, 2.24) is 14.9 Å². The number of carbonyl (C=O) groups is 1. The van der Waals surface area contributed by atoms with E-state index < -0.39 is 0 Å². The largest absolute Gasteiger partial charge is 0.340 e. The van der Waals surface area contributed by atoms with Crippen LogP contribution in [0, 0.1) is 0 Å².